The Morgan fingerprint density at radius 2 is 0.640 bits per heavy atom. The number of carbonyl (C=O) groups is 1. The number of quaternary nitrogens is 1. The fraction of sp³-hybridized carbons (Fsp3) is 0.985. The molecule has 0 saturated heterocycles. The highest BCUT2D eigenvalue weighted by atomic mass is 31.2. The first-order valence-corrected chi connectivity index (χ1v) is 35.4. The average molecular weight is 1080 g/mol. The molecule has 0 aromatic carbocycles. The summed E-state index contributed by atoms with van der Waals surface area (Å²) in [5, 5.41) is 14.1. The van der Waals surface area contributed by atoms with Crippen molar-refractivity contribution in [3.63, 3.8) is 0 Å². The van der Waals surface area contributed by atoms with E-state index in [9.17, 15) is 19.4 Å². The summed E-state index contributed by atoms with van der Waals surface area (Å²) in [7, 11) is 1.64. The lowest BCUT2D eigenvalue weighted by Gasteiger charge is -2.26. The summed E-state index contributed by atoms with van der Waals surface area (Å²) in [6.07, 6.45) is 72.1. The van der Waals surface area contributed by atoms with E-state index >= 15 is 0 Å². The maximum Gasteiger partial charge on any atom is 0.472 e. The van der Waals surface area contributed by atoms with E-state index in [-0.39, 0.29) is 19.1 Å². The number of unbranched alkanes of at least 4 members (excludes halogenated alkanes) is 51. The van der Waals surface area contributed by atoms with Crippen LogP contribution in [0.3, 0.4) is 0 Å². The van der Waals surface area contributed by atoms with Gasteiger partial charge in [0.1, 0.15) is 13.2 Å². The van der Waals surface area contributed by atoms with Crippen molar-refractivity contribution in [1.29, 1.82) is 0 Å². The monoisotopic (exact) mass is 1080 g/mol. The van der Waals surface area contributed by atoms with Crippen molar-refractivity contribution in [1.82, 2.24) is 5.32 Å². The number of aliphatic hydroxyl groups excluding tert-OH is 1. The van der Waals surface area contributed by atoms with Gasteiger partial charge < -0.3 is 19.8 Å². The number of carbonyl (C=O) groups excluding carboxylic acids is 1. The van der Waals surface area contributed by atoms with E-state index in [0.717, 1.165) is 38.5 Å². The number of rotatable bonds is 64. The van der Waals surface area contributed by atoms with Crippen LogP contribution in [0.15, 0.2) is 0 Å². The molecule has 450 valence electrons. The predicted octanol–water partition coefficient (Wildman–Crippen LogP) is 21.2. The van der Waals surface area contributed by atoms with Crippen LogP contribution in [0, 0.1) is 0 Å². The molecular weight excluding hydrogens is 948 g/mol. The number of nitrogens with one attached hydrogen (secondary N) is 1. The van der Waals surface area contributed by atoms with Crippen LogP contribution < -0.4 is 5.32 Å². The maximum absolute atomic E-state index is 13.0. The molecule has 0 aromatic rings. The molecule has 3 N–H and O–H groups in total. The zero-order valence-electron chi connectivity index (χ0n) is 51.6. The molecule has 1 amide bonds. The van der Waals surface area contributed by atoms with Gasteiger partial charge in [0.2, 0.25) is 5.91 Å². The van der Waals surface area contributed by atoms with Gasteiger partial charge in [-0.3, -0.25) is 13.8 Å². The lowest BCUT2D eigenvalue weighted by atomic mass is 10.0. The summed E-state index contributed by atoms with van der Waals surface area (Å²) in [6, 6.07) is -0.756. The highest BCUT2D eigenvalue weighted by Crippen LogP contribution is 2.43. The summed E-state index contributed by atoms with van der Waals surface area (Å²) >= 11 is 0. The Bertz CT molecular complexity index is 1180. The van der Waals surface area contributed by atoms with Crippen molar-refractivity contribution in [3.05, 3.63) is 0 Å². The van der Waals surface area contributed by atoms with E-state index in [1.807, 2.05) is 21.1 Å². The first kappa shape index (κ1) is 74.5. The lowest BCUT2D eigenvalue weighted by Crippen LogP contribution is -2.46. The zero-order chi connectivity index (χ0) is 54.9. The molecule has 3 atom stereocenters. The molecule has 75 heavy (non-hydrogen) atoms. The van der Waals surface area contributed by atoms with Crippen molar-refractivity contribution in [2.24, 2.45) is 0 Å². The summed E-state index contributed by atoms with van der Waals surface area (Å²) in [5.74, 6) is -0.134. The van der Waals surface area contributed by atoms with Crippen LogP contribution in [0.1, 0.15) is 367 Å². The van der Waals surface area contributed by atoms with Gasteiger partial charge in [-0.2, -0.15) is 0 Å². The number of phosphoric acid groups is 1. The van der Waals surface area contributed by atoms with Crippen molar-refractivity contribution in [3.8, 4) is 0 Å². The van der Waals surface area contributed by atoms with E-state index in [4.69, 9.17) is 9.05 Å². The quantitative estimate of drug-likeness (QED) is 0.0318. The second-order valence-corrected chi connectivity index (χ2v) is 26.4. The van der Waals surface area contributed by atoms with Gasteiger partial charge in [-0.1, -0.05) is 348 Å². The number of hydrogen-bond donors (Lipinski definition) is 3. The highest BCUT2D eigenvalue weighted by molar-refractivity contribution is 7.47. The smallest absolute Gasteiger partial charge is 0.391 e. The normalized spacial score (nSPS) is 13.6. The third kappa shape index (κ3) is 61.0. The Morgan fingerprint density at radius 1 is 0.400 bits per heavy atom. The SMILES string of the molecule is CCCCCCCCCCCCCCCCCCCCCCCCCCCCCCCCCCCCCCC(=O)N[C@@H](COP(=O)(O)OCC[N+](C)(C)C)[C@H](O)CCCCCCCCCCCCCCCCCCC. The molecule has 0 radical (unpaired) electrons. The van der Waals surface area contributed by atoms with Gasteiger partial charge in [0.25, 0.3) is 0 Å². The molecule has 0 aliphatic carbocycles. The Hall–Kier alpha value is -0.500. The van der Waals surface area contributed by atoms with Gasteiger partial charge in [0, 0.05) is 6.42 Å². The Kier molecular flexibility index (Phi) is 57.8. The fourth-order valence-corrected chi connectivity index (χ4v) is 11.6. The fourth-order valence-electron chi connectivity index (χ4n) is 10.8. The molecule has 9 heteroatoms. The Balaban J connectivity index is 3.88. The third-order valence-electron chi connectivity index (χ3n) is 16.1. The van der Waals surface area contributed by atoms with E-state index < -0.39 is 20.0 Å². The van der Waals surface area contributed by atoms with Crippen molar-refractivity contribution in [2.45, 2.75) is 379 Å². The second-order valence-electron chi connectivity index (χ2n) is 24.9. The largest absolute Gasteiger partial charge is 0.472 e. The first-order valence-electron chi connectivity index (χ1n) is 33.9. The van der Waals surface area contributed by atoms with Crippen molar-refractivity contribution in [2.75, 3.05) is 40.9 Å². The maximum atomic E-state index is 13.0. The number of likely N-dealkylation sites (N-methyl/N-ethyl adjacent to an activating group) is 1. The van der Waals surface area contributed by atoms with Gasteiger partial charge in [-0.15, -0.1) is 0 Å². The Labute approximate surface area is 470 Å². The molecule has 0 saturated carbocycles. The molecular formula is C66H136N2O6P+. The topological polar surface area (TPSA) is 105 Å². The van der Waals surface area contributed by atoms with Crippen LogP contribution in [0.25, 0.3) is 0 Å². The predicted molar refractivity (Wildman–Crippen MR) is 328 cm³/mol. The number of nitrogens with zero attached hydrogens (tertiary/aromatic N) is 1. The molecule has 0 aromatic heterocycles. The van der Waals surface area contributed by atoms with Crippen LogP contribution >= 0.6 is 7.82 Å². The minimum atomic E-state index is -4.32. The molecule has 0 aliphatic rings. The second kappa shape index (κ2) is 58.2. The number of hydrogen-bond acceptors (Lipinski definition) is 5. The van der Waals surface area contributed by atoms with E-state index in [1.165, 1.54) is 302 Å². The highest BCUT2D eigenvalue weighted by Gasteiger charge is 2.28. The molecule has 0 heterocycles. The minimum absolute atomic E-state index is 0.0792. The van der Waals surface area contributed by atoms with E-state index in [2.05, 4.69) is 19.2 Å². The molecule has 1 unspecified atom stereocenters. The van der Waals surface area contributed by atoms with Crippen LogP contribution in [-0.4, -0.2) is 73.4 Å². The molecule has 0 fully saturated rings. The molecule has 0 spiro atoms. The summed E-state index contributed by atoms with van der Waals surface area (Å²) < 4.78 is 23.8. The van der Waals surface area contributed by atoms with Gasteiger partial charge in [0.15, 0.2) is 0 Å². The van der Waals surface area contributed by atoms with Crippen molar-refractivity contribution >= 4 is 13.7 Å². The van der Waals surface area contributed by atoms with Crippen LogP contribution in [0.4, 0.5) is 0 Å². The van der Waals surface area contributed by atoms with Gasteiger partial charge in [0.05, 0.1) is 39.9 Å². The lowest BCUT2D eigenvalue weighted by molar-refractivity contribution is -0.870. The molecule has 0 aliphatic heterocycles. The van der Waals surface area contributed by atoms with Crippen LogP contribution in [-0.2, 0) is 18.4 Å². The standard InChI is InChI=1S/C66H135N2O6P/c1-6-8-10-12-14-16-18-20-22-24-25-26-27-28-29-30-31-32-33-34-35-36-37-38-39-40-41-42-44-46-48-50-52-54-56-58-60-66(70)67-64(63-74-75(71,72)73-62-61-68(3,4)5)65(69)59-57-55-53-51-49-47-45-43-23-21-19-17-15-13-11-9-7-2/h64-65,69H,6-63H2,1-5H3,(H-,67,70,71,72)/p+1/t64-,65+/m0/s1. The third-order valence-corrected chi connectivity index (χ3v) is 17.1. The summed E-state index contributed by atoms with van der Waals surface area (Å²) in [4.78, 5) is 23.4. The summed E-state index contributed by atoms with van der Waals surface area (Å²) in [5.41, 5.74) is 0. The van der Waals surface area contributed by atoms with Gasteiger partial charge in [-0.05, 0) is 12.8 Å². The van der Waals surface area contributed by atoms with Gasteiger partial charge >= 0.3 is 7.82 Å². The molecule has 8 nitrogen and oxygen atoms in total. The Morgan fingerprint density at radius 3 is 0.893 bits per heavy atom. The van der Waals surface area contributed by atoms with E-state index in [1.54, 1.807) is 0 Å². The average Bonchev–Trinajstić information content (AvgIpc) is 3.37. The van der Waals surface area contributed by atoms with E-state index in [0.29, 0.717) is 23.9 Å². The number of aliphatic hydroxyl groups is 1. The first-order chi connectivity index (χ1) is 36.5. The number of phosphoric ester groups is 1. The minimum Gasteiger partial charge on any atom is -0.391 e. The molecule has 0 rings (SSSR count). The molecule has 0 bridgehead atoms. The van der Waals surface area contributed by atoms with Gasteiger partial charge in [-0.25, -0.2) is 4.57 Å². The summed E-state index contributed by atoms with van der Waals surface area (Å²) in [6.45, 7) is 4.95. The number of amides is 1. The van der Waals surface area contributed by atoms with Crippen molar-refractivity contribution < 1.29 is 32.9 Å². The van der Waals surface area contributed by atoms with Crippen LogP contribution in [0.2, 0.25) is 0 Å². The zero-order valence-corrected chi connectivity index (χ0v) is 52.5. The van der Waals surface area contributed by atoms with Crippen LogP contribution in [0.5, 0.6) is 0 Å².